The van der Waals surface area contributed by atoms with E-state index in [0.29, 0.717) is 22.8 Å². The molecule has 4 aromatic rings. The molecule has 0 fully saturated rings. The van der Waals surface area contributed by atoms with Crippen molar-refractivity contribution in [3.8, 4) is 11.1 Å². The second-order valence-corrected chi connectivity index (χ2v) is 8.99. The predicted octanol–water partition coefficient (Wildman–Crippen LogP) is 3.10. The summed E-state index contributed by atoms with van der Waals surface area (Å²) in [4.78, 5) is 29.4. The first kappa shape index (κ1) is 18.9. The summed E-state index contributed by atoms with van der Waals surface area (Å²) >= 11 is 0. The highest BCUT2D eigenvalue weighted by Gasteiger charge is 2.14. The van der Waals surface area contributed by atoms with E-state index in [-0.39, 0.29) is 16.9 Å². The second kappa shape index (κ2) is 6.89. The maximum absolute atomic E-state index is 12.4. The molecule has 0 aliphatic carbocycles. The molecule has 7 nitrogen and oxygen atoms in total. The van der Waals surface area contributed by atoms with E-state index in [1.165, 1.54) is 0 Å². The number of aliphatic carboxylic acids is 1. The first-order valence-corrected chi connectivity index (χ1v) is 10.8. The number of carbonyl (C=O) groups is 1. The quantitative estimate of drug-likeness (QED) is 0.467. The van der Waals surface area contributed by atoms with Crippen molar-refractivity contribution < 1.29 is 18.3 Å². The first-order chi connectivity index (χ1) is 13.7. The van der Waals surface area contributed by atoms with E-state index in [0.717, 1.165) is 28.3 Å². The van der Waals surface area contributed by atoms with Gasteiger partial charge in [0.1, 0.15) is 5.52 Å². The average molecular weight is 410 g/mol. The third kappa shape index (κ3) is 3.54. The topological polar surface area (TPSA) is 120 Å². The fourth-order valence-electron chi connectivity index (χ4n) is 3.52. The number of fused-ring (bicyclic) bond motifs is 3. The number of hydrogen-bond donors (Lipinski definition) is 3. The first-order valence-electron chi connectivity index (χ1n) is 8.92. The summed E-state index contributed by atoms with van der Waals surface area (Å²) in [6.45, 7) is 0. The van der Waals surface area contributed by atoms with Crippen LogP contribution in [-0.2, 0) is 21.1 Å². The smallest absolute Gasteiger partial charge is 0.303 e. The maximum Gasteiger partial charge on any atom is 0.303 e. The van der Waals surface area contributed by atoms with Gasteiger partial charge in [-0.25, -0.2) is 8.42 Å². The number of benzene rings is 2. The highest BCUT2D eigenvalue weighted by molar-refractivity contribution is 7.90. The van der Waals surface area contributed by atoms with Crippen LogP contribution < -0.4 is 5.56 Å². The summed E-state index contributed by atoms with van der Waals surface area (Å²) in [6, 6.07) is 12.1. The number of sulfone groups is 1. The van der Waals surface area contributed by atoms with Crippen LogP contribution in [0.15, 0.2) is 58.4 Å². The molecule has 8 heteroatoms. The molecule has 0 bridgehead atoms. The molecule has 3 N–H and O–H groups in total. The minimum atomic E-state index is -3.34. The third-order valence-electron chi connectivity index (χ3n) is 4.93. The van der Waals surface area contributed by atoms with Crippen LogP contribution in [0, 0.1) is 0 Å². The van der Waals surface area contributed by atoms with Crippen molar-refractivity contribution in [2.75, 3.05) is 6.26 Å². The lowest BCUT2D eigenvalue weighted by Gasteiger charge is -2.08. The molecule has 0 aliphatic heterocycles. The minimum Gasteiger partial charge on any atom is -0.481 e. The predicted molar refractivity (Wildman–Crippen MR) is 111 cm³/mol. The van der Waals surface area contributed by atoms with E-state index in [1.54, 1.807) is 30.5 Å². The van der Waals surface area contributed by atoms with Gasteiger partial charge in [-0.05, 0) is 47.4 Å². The Balaban J connectivity index is 1.94. The van der Waals surface area contributed by atoms with E-state index in [2.05, 4.69) is 9.97 Å². The Kier molecular flexibility index (Phi) is 4.50. The number of aromatic nitrogens is 2. The molecular formula is C21H18N2O5S. The van der Waals surface area contributed by atoms with Crippen molar-refractivity contribution in [2.45, 2.75) is 17.7 Å². The van der Waals surface area contributed by atoms with E-state index in [4.69, 9.17) is 5.11 Å². The molecule has 2 heterocycles. The minimum absolute atomic E-state index is 0.0443. The van der Waals surface area contributed by atoms with Crippen LogP contribution in [0.3, 0.4) is 0 Å². The largest absolute Gasteiger partial charge is 0.481 e. The van der Waals surface area contributed by atoms with Crippen molar-refractivity contribution in [3.05, 3.63) is 64.6 Å². The van der Waals surface area contributed by atoms with Crippen molar-refractivity contribution in [2.24, 2.45) is 0 Å². The van der Waals surface area contributed by atoms with Crippen LogP contribution in [0.5, 0.6) is 0 Å². The molecule has 0 saturated heterocycles. The molecule has 0 radical (unpaired) electrons. The van der Waals surface area contributed by atoms with Crippen molar-refractivity contribution >= 4 is 37.6 Å². The number of carboxylic acid groups (broad SMARTS) is 1. The Labute approximate surface area is 165 Å². The summed E-state index contributed by atoms with van der Waals surface area (Å²) in [5.41, 5.74) is 3.02. The van der Waals surface area contributed by atoms with E-state index in [9.17, 15) is 18.0 Å². The van der Waals surface area contributed by atoms with Gasteiger partial charge in [-0.2, -0.15) is 0 Å². The fraction of sp³-hybridized carbons (Fsp3) is 0.143. The molecule has 148 valence electrons. The second-order valence-electron chi connectivity index (χ2n) is 6.97. The molecule has 0 amide bonds. The normalized spacial score (nSPS) is 11.9. The number of H-pyrrole nitrogens is 2. The van der Waals surface area contributed by atoms with Crippen LogP contribution in [0.25, 0.3) is 32.9 Å². The van der Waals surface area contributed by atoms with Gasteiger partial charge in [0.2, 0.25) is 0 Å². The van der Waals surface area contributed by atoms with Gasteiger partial charge < -0.3 is 15.1 Å². The Bertz CT molecular complexity index is 1430. The molecule has 2 aromatic carbocycles. The summed E-state index contributed by atoms with van der Waals surface area (Å²) in [6.07, 6.45) is 3.08. The summed E-state index contributed by atoms with van der Waals surface area (Å²) in [7, 11) is -3.34. The van der Waals surface area contributed by atoms with Gasteiger partial charge >= 0.3 is 5.97 Å². The number of pyridine rings is 1. The zero-order chi connectivity index (χ0) is 20.8. The van der Waals surface area contributed by atoms with E-state index in [1.807, 2.05) is 18.2 Å². The third-order valence-corrected chi connectivity index (χ3v) is 6.04. The maximum atomic E-state index is 12.4. The van der Waals surface area contributed by atoms with Gasteiger partial charge in [0.05, 0.1) is 4.90 Å². The van der Waals surface area contributed by atoms with Gasteiger partial charge in [0.25, 0.3) is 5.56 Å². The Morgan fingerprint density at radius 2 is 1.86 bits per heavy atom. The highest BCUT2D eigenvalue weighted by Crippen LogP contribution is 2.30. The molecule has 0 atom stereocenters. The van der Waals surface area contributed by atoms with Crippen LogP contribution >= 0.6 is 0 Å². The summed E-state index contributed by atoms with van der Waals surface area (Å²) < 4.78 is 23.8. The van der Waals surface area contributed by atoms with Gasteiger partial charge in [0, 0.05) is 35.2 Å². The van der Waals surface area contributed by atoms with Crippen LogP contribution in [0.2, 0.25) is 0 Å². The van der Waals surface area contributed by atoms with E-state index < -0.39 is 15.8 Å². The van der Waals surface area contributed by atoms with Crippen LogP contribution in [-0.4, -0.2) is 35.7 Å². The van der Waals surface area contributed by atoms with Gasteiger partial charge in [-0.15, -0.1) is 0 Å². The Morgan fingerprint density at radius 1 is 1.10 bits per heavy atom. The van der Waals surface area contributed by atoms with Gasteiger partial charge in [0.15, 0.2) is 9.84 Å². The fourth-order valence-corrected chi connectivity index (χ4v) is 4.19. The number of rotatable bonds is 5. The summed E-state index contributed by atoms with van der Waals surface area (Å²) in [5.74, 6) is -0.910. The monoisotopic (exact) mass is 410 g/mol. The molecule has 2 aromatic heterocycles. The van der Waals surface area contributed by atoms with Crippen molar-refractivity contribution in [3.63, 3.8) is 0 Å². The SMILES string of the molecule is CS(=O)(=O)c1cccc(-c2ccc3[nH]c(=O)c4[nH]cc(CCC(=O)O)c4c3c2)c1. The number of hydrogen-bond acceptors (Lipinski definition) is 4. The van der Waals surface area contributed by atoms with Crippen molar-refractivity contribution in [1.29, 1.82) is 0 Å². The molecule has 0 unspecified atom stereocenters. The molecular weight excluding hydrogens is 392 g/mol. The number of aryl methyl sites for hydroxylation is 1. The van der Waals surface area contributed by atoms with Gasteiger partial charge in [-0.1, -0.05) is 18.2 Å². The molecule has 0 spiro atoms. The average Bonchev–Trinajstić information content (AvgIpc) is 3.11. The van der Waals surface area contributed by atoms with Crippen LogP contribution in [0.4, 0.5) is 0 Å². The molecule has 0 aliphatic rings. The molecule has 0 saturated carbocycles. The number of aromatic amines is 2. The zero-order valence-electron chi connectivity index (χ0n) is 15.5. The molecule has 29 heavy (non-hydrogen) atoms. The number of nitrogens with one attached hydrogen (secondary N) is 2. The van der Waals surface area contributed by atoms with Gasteiger partial charge in [-0.3, -0.25) is 9.59 Å². The standard InChI is InChI=1S/C21H18N2O5S/c1-29(27,28)15-4-2-3-12(9-15)13-5-7-17-16(10-13)19-14(6-8-18(24)25)11-22-20(19)21(26)23-17/h2-5,7,9-11,22H,6,8H2,1H3,(H,23,26)(H,24,25). The zero-order valence-corrected chi connectivity index (χ0v) is 16.3. The Hall–Kier alpha value is -3.39. The van der Waals surface area contributed by atoms with Crippen molar-refractivity contribution in [1.82, 2.24) is 9.97 Å². The highest BCUT2D eigenvalue weighted by atomic mass is 32.2. The lowest BCUT2D eigenvalue weighted by atomic mass is 9.99. The van der Waals surface area contributed by atoms with E-state index >= 15 is 0 Å². The summed E-state index contributed by atoms with van der Waals surface area (Å²) in [5, 5.41) is 10.5. The lowest BCUT2D eigenvalue weighted by molar-refractivity contribution is -0.136. The van der Waals surface area contributed by atoms with Crippen LogP contribution in [0.1, 0.15) is 12.0 Å². The molecule has 4 rings (SSSR count). The number of carboxylic acids is 1. The Morgan fingerprint density at radius 3 is 2.59 bits per heavy atom. The lowest BCUT2D eigenvalue weighted by Crippen LogP contribution is -2.06.